The molecular weight excluding hydrogens is 313 g/mol. The predicted octanol–water partition coefficient (Wildman–Crippen LogP) is 3.21. The Morgan fingerprint density at radius 3 is 2.55 bits per heavy atom. The summed E-state index contributed by atoms with van der Waals surface area (Å²) in [5.41, 5.74) is -0.626. The largest absolute Gasteiger partial charge is 0.433 e. The first-order chi connectivity index (χ1) is 10.4. The third kappa shape index (κ3) is 4.67. The summed E-state index contributed by atoms with van der Waals surface area (Å²) in [7, 11) is 3.81. The molecule has 22 heavy (non-hydrogen) atoms. The minimum absolute atomic E-state index is 0.0113. The zero-order valence-electron chi connectivity index (χ0n) is 12.1. The number of aromatic nitrogens is 3. The average molecular weight is 328 g/mol. The molecule has 0 saturated carbocycles. The van der Waals surface area contributed by atoms with Crippen LogP contribution in [-0.2, 0) is 6.18 Å². The van der Waals surface area contributed by atoms with Crippen LogP contribution in [0.1, 0.15) is 5.69 Å². The quantitative estimate of drug-likeness (QED) is 0.623. The van der Waals surface area contributed by atoms with Crippen molar-refractivity contribution in [2.45, 2.75) is 11.2 Å². The van der Waals surface area contributed by atoms with E-state index in [0.29, 0.717) is 16.5 Å². The fourth-order valence-electron chi connectivity index (χ4n) is 1.59. The minimum atomic E-state index is -4.51. The van der Waals surface area contributed by atoms with Gasteiger partial charge in [-0.2, -0.15) is 13.2 Å². The van der Waals surface area contributed by atoms with E-state index in [9.17, 15) is 13.2 Å². The lowest BCUT2D eigenvalue weighted by atomic mass is 10.3. The second-order valence-electron chi connectivity index (χ2n) is 4.78. The van der Waals surface area contributed by atoms with Crippen LogP contribution in [0.3, 0.4) is 0 Å². The van der Waals surface area contributed by atoms with E-state index in [-0.39, 0.29) is 5.82 Å². The number of pyridine rings is 1. The van der Waals surface area contributed by atoms with E-state index in [4.69, 9.17) is 0 Å². The number of hydrogen-bond donors (Lipinski definition) is 0. The lowest BCUT2D eigenvalue weighted by Gasteiger charge is -2.11. The molecule has 118 valence electrons. The molecule has 0 unspecified atom stereocenters. The van der Waals surface area contributed by atoms with Crippen molar-refractivity contribution in [3.63, 3.8) is 0 Å². The van der Waals surface area contributed by atoms with Crippen LogP contribution in [0.25, 0.3) is 11.5 Å². The SMILES string of the molecule is CN(C)CCSc1cc(C(F)(F)F)nc(-c2ccccn2)n1. The number of nitrogens with zero attached hydrogens (tertiary/aromatic N) is 4. The van der Waals surface area contributed by atoms with Crippen LogP contribution in [0.4, 0.5) is 13.2 Å². The molecule has 0 aliphatic carbocycles. The highest BCUT2D eigenvalue weighted by Gasteiger charge is 2.34. The van der Waals surface area contributed by atoms with Crippen LogP contribution >= 0.6 is 11.8 Å². The molecule has 2 heterocycles. The van der Waals surface area contributed by atoms with Gasteiger partial charge in [0.2, 0.25) is 0 Å². The fourth-order valence-corrected chi connectivity index (χ4v) is 2.60. The van der Waals surface area contributed by atoms with Gasteiger partial charge in [0.1, 0.15) is 16.4 Å². The van der Waals surface area contributed by atoms with Crippen molar-refractivity contribution in [3.05, 3.63) is 36.2 Å². The zero-order valence-corrected chi connectivity index (χ0v) is 12.9. The third-order valence-electron chi connectivity index (χ3n) is 2.68. The van der Waals surface area contributed by atoms with Gasteiger partial charge < -0.3 is 4.90 Å². The van der Waals surface area contributed by atoms with Crippen molar-refractivity contribution in [1.82, 2.24) is 19.9 Å². The second-order valence-corrected chi connectivity index (χ2v) is 5.89. The van der Waals surface area contributed by atoms with E-state index in [1.807, 2.05) is 19.0 Å². The van der Waals surface area contributed by atoms with E-state index >= 15 is 0 Å². The van der Waals surface area contributed by atoms with E-state index in [2.05, 4.69) is 15.0 Å². The number of thioether (sulfide) groups is 1. The van der Waals surface area contributed by atoms with Gasteiger partial charge in [-0.05, 0) is 26.2 Å². The molecule has 0 amide bonds. The lowest BCUT2D eigenvalue weighted by molar-refractivity contribution is -0.141. The Morgan fingerprint density at radius 2 is 1.95 bits per heavy atom. The monoisotopic (exact) mass is 328 g/mol. The van der Waals surface area contributed by atoms with Gasteiger partial charge in [-0.15, -0.1) is 11.8 Å². The highest BCUT2D eigenvalue weighted by atomic mass is 32.2. The Bertz CT molecular complexity index is 617. The number of rotatable bonds is 5. The molecule has 2 rings (SSSR count). The van der Waals surface area contributed by atoms with Gasteiger partial charge in [-0.1, -0.05) is 6.07 Å². The number of alkyl halides is 3. The molecule has 4 nitrogen and oxygen atoms in total. The van der Waals surface area contributed by atoms with Crippen LogP contribution < -0.4 is 0 Å². The van der Waals surface area contributed by atoms with Crippen molar-refractivity contribution in [2.75, 3.05) is 26.4 Å². The highest BCUT2D eigenvalue weighted by Crippen LogP contribution is 2.31. The molecule has 0 radical (unpaired) electrons. The molecule has 0 spiro atoms. The van der Waals surface area contributed by atoms with E-state index in [1.165, 1.54) is 18.0 Å². The standard InChI is InChI=1S/C14H15F3N4S/c1-21(2)7-8-22-12-9-11(14(15,16)17)19-13(20-12)10-5-3-4-6-18-10/h3-6,9H,7-8H2,1-2H3. The third-order valence-corrected chi connectivity index (χ3v) is 3.57. The molecule has 0 N–H and O–H groups in total. The first-order valence-corrected chi connectivity index (χ1v) is 7.50. The Labute approximate surface area is 130 Å². The maximum absolute atomic E-state index is 13.0. The van der Waals surface area contributed by atoms with Crippen LogP contribution in [-0.4, -0.2) is 46.2 Å². The molecule has 0 fully saturated rings. The van der Waals surface area contributed by atoms with Gasteiger partial charge in [0.25, 0.3) is 0 Å². The normalized spacial score (nSPS) is 11.9. The summed E-state index contributed by atoms with van der Waals surface area (Å²) in [6.07, 6.45) is -3.01. The maximum Gasteiger partial charge on any atom is 0.433 e. The van der Waals surface area contributed by atoms with Crippen molar-refractivity contribution in [2.24, 2.45) is 0 Å². The molecule has 8 heteroatoms. The minimum Gasteiger partial charge on any atom is -0.309 e. The fraction of sp³-hybridized carbons (Fsp3) is 0.357. The van der Waals surface area contributed by atoms with Crippen LogP contribution in [0.2, 0.25) is 0 Å². The second kappa shape index (κ2) is 7.06. The topological polar surface area (TPSA) is 41.9 Å². The summed E-state index contributed by atoms with van der Waals surface area (Å²) in [6, 6.07) is 5.94. The zero-order chi connectivity index (χ0) is 16.2. The Hall–Kier alpha value is -1.67. The molecule has 0 atom stereocenters. The summed E-state index contributed by atoms with van der Waals surface area (Å²) in [5, 5.41) is 0.296. The highest BCUT2D eigenvalue weighted by molar-refractivity contribution is 7.99. The number of halogens is 3. The van der Waals surface area contributed by atoms with Crippen LogP contribution in [0.5, 0.6) is 0 Å². The summed E-state index contributed by atoms with van der Waals surface area (Å²) in [5.74, 6) is 0.631. The van der Waals surface area contributed by atoms with Crippen LogP contribution in [0, 0.1) is 0 Å². The van der Waals surface area contributed by atoms with Crippen LogP contribution in [0.15, 0.2) is 35.5 Å². The summed E-state index contributed by atoms with van der Waals surface area (Å²) < 4.78 is 39.0. The predicted molar refractivity (Wildman–Crippen MR) is 79.5 cm³/mol. The van der Waals surface area contributed by atoms with Gasteiger partial charge >= 0.3 is 6.18 Å². The molecule has 0 saturated heterocycles. The smallest absolute Gasteiger partial charge is 0.309 e. The molecule has 2 aromatic rings. The Kier molecular flexibility index (Phi) is 5.36. The molecule has 0 bridgehead atoms. The average Bonchev–Trinajstić information content (AvgIpc) is 2.46. The first-order valence-electron chi connectivity index (χ1n) is 6.51. The molecule has 0 aliphatic heterocycles. The van der Waals surface area contributed by atoms with E-state index in [0.717, 1.165) is 12.6 Å². The van der Waals surface area contributed by atoms with Gasteiger partial charge in [-0.25, -0.2) is 9.97 Å². The lowest BCUT2D eigenvalue weighted by Crippen LogP contribution is -2.15. The van der Waals surface area contributed by atoms with E-state index in [1.54, 1.807) is 18.2 Å². The van der Waals surface area contributed by atoms with Gasteiger partial charge in [-0.3, -0.25) is 4.98 Å². The van der Waals surface area contributed by atoms with Gasteiger partial charge in [0.05, 0.1) is 0 Å². The van der Waals surface area contributed by atoms with Crippen molar-refractivity contribution in [1.29, 1.82) is 0 Å². The van der Waals surface area contributed by atoms with E-state index < -0.39 is 11.9 Å². The molecule has 0 aliphatic rings. The molecule has 0 aromatic carbocycles. The van der Waals surface area contributed by atoms with Crippen molar-refractivity contribution in [3.8, 4) is 11.5 Å². The summed E-state index contributed by atoms with van der Waals surface area (Å²) in [4.78, 5) is 13.7. The van der Waals surface area contributed by atoms with Gasteiger partial charge in [0.15, 0.2) is 5.82 Å². The van der Waals surface area contributed by atoms with Gasteiger partial charge in [0, 0.05) is 24.6 Å². The summed E-state index contributed by atoms with van der Waals surface area (Å²) >= 11 is 1.27. The first kappa shape index (κ1) is 16.7. The van der Waals surface area contributed by atoms with Crippen molar-refractivity contribution >= 4 is 11.8 Å². The number of hydrogen-bond acceptors (Lipinski definition) is 5. The molecular formula is C14H15F3N4S. The van der Waals surface area contributed by atoms with Crippen molar-refractivity contribution < 1.29 is 13.2 Å². The Balaban J connectivity index is 2.33. The maximum atomic E-state index is 13.0. The summed E-state index contributed by atoms with van der Waals surface area (Å²) in [6.45, 7) is 0.745. The Morgan fingerprint density at radius 1 is 1.18 bits per heavy atom. The molecule has 2 aromatic heterocycles.